The molecule has 6 heteroatoms. The Morgan fingerprint density at radius 1 is 1.11 bits per heavy atom. The molecule has 28 heavy (non-hydrogen) atoms. The second kappa shape index (κ2) is 9.80. The predicted octanol–water partition coefficient (Wildman–Crippen LogP) is 4.54. The van der Waals surface area contributed by atoms with E-state index in [2.05, 4.69) is 41.0 Å². The Balaban J connectivity index is 1.90. The molecule has 0 amide bonds. The molecule has 0 aromatic heterocycles. The smallest absolute Gasteiger partial charge is 0.187 e. The van der Waals surface area contributed by atoms with E-state index < -0.39 is 0 Å². The van der Waals surface area contributed by atoms with Crippen molar-refractivity contribution in [3.05, 3.63) is 71.8 Å². The fraction of sp³-hybridized carbons (Fsp3) is 0.227. The van der Waals surface area contributed by atoms with Crippen molar-refractivity contribution in [2.45, 2.75) is 26.7 Å². The van der Waals surface area contributed by atoms with Gasteiger partial charge in [-0.25, -0.2) is 5.01 Å². The maximum atomic E-state index is 5.35. The molecule has 5 nitrogen and oxygen atoms in total. The van der Waals surface area contributed by atoms with Crippen LogP contribution in [0.15, 0.2) is 76.4 Å². The van der Waals surface area contributed by atoms with Crippen LogP contribution in [-0.4, -0.2) is 23.2 Å². The number of hydrogen-bond donors (Lipinski definition) is 2. The first kappa shape index (κ1) is 19.8. The van der Waals surface area contributed by atoms with Gasteiger partial charge in [-0.05, 0) is 49.3 Å². The number of rotatable bonds is 6. The van der Waals surface area contributed by atoms with Gasteiger partial charge in [0, 0.05) is 12.1 Å². The molecule has 3 rings (SSSR count). The van der Waals surface area contributed by atoms with Gasteiger partial charge >= 0.3 is 0 Å². The van der Waals surface area contributed by atoms with E-state index in [1.807, 2.05) is 60.5 Å². The van der Waals surface area contributed by atoms with Crippen LogP contribution in [0.2, 0.25) is 0 Å². The Kier molecular flexibility index (Phi) is 6.92. The number of amidine groups is 1. The molecule has 1 aliphatic rings. The lowest BCUT2D eigenvalue weighted by Crippen LogP contribution is -2.35. The highest BCUT2D eigenvalue weighted by Gasteiger charge is 2.27. The van der Waals surface area contributed by atoms with Crippen LogP contribution in [0.25, 0.3) is 6.08 Å². The fourth-order valence-electron chi connectivity index (χ4n) is 2.79. The van der Waals surface area contributed by atoms with Crippen LogP contribution in [0.5, 0.6) is 0 Å². The van der Waals surface area contributed by atoms with Crippen LogP contribution in [0.3, 0.4) is 0 Å². The van der Waals surface area contributed by atoms with Gasteiger partial charge in [-0.2, -0.15) is 10.2 Å². The lowest BCUT2D eigenvalue weighted by Gasteiger charge is -2.16. The molecular formula is C22H25N5S. The Morgan fingerprint density at radius 2 is 1.79 bits per heavy atom. The van der Waals surface area contributed by atoms with E-state index in [1.54, 1.807) is 0 Å². The second-order valence-corrected chi connectivity index (χ2v) is 6.87. The number of benzene rings is 2. The maximum absolute atomic E-state index is 5.35. The van der Waals surface area contributed by atoms with Crippen molar-refractivity contribution < 1.29 is 0 Å². The molecule has 0 fully saturated rings. The van der Waals surface area contributed by atoms with Gasteiger partial charge in [0.15, 0.2) is 10.9 Å². The van der Waals surface area contributed by atoms with Gasteiger partial charge in [0.25, 0.3) is 0 Å². The normalized spacial score (nSPS) is 16.4. The largest absolute Gasteiger partial charge is 0.361 e. The van der Waals surface area contributed by atoms with Crippen LogP contribution >= 0.6 is 12.2 Å². The zero-order valence-electron chi connectivity index (χ0n) is 16.2. The summed E-state index contributed by atoms with van der Waals surface area (Å²) in [5.74, 6) is 0.715. The summed E-state index contributed by atoms with van der Waals surface area (Å²) in [6.45, 7) is 4.97. The second-order valence-electron chi connectivity index (χ2n) is 6.46. The Labute approximate surface area is 171 Å². The van der Waals surface area contributed by atoms with E-state index in [1.165, 1.54) is 0 Å². The molecule has 0 radical (unpaired) electrons. The number of hydrogen-bond acceptors (Lipinski definition) is 3. The number of hydrazone groups is 2. The summed E-state index contributed by atoms with van der Waals surface area (Å²) in [5, 5.41) is 14.8. The molecule has 0 spiro atoms. The van der Waals surface area contributed by atoms with Crippen molar-refractivity contribution in [2.75, 3.05) is 11.6 Å². The van der Waals surface area contributed by atoms with Crippen LogP contribution in [0, 0.1) is 0 Å². The highest BCUT2D eigenvalue weighted by atomic mass is 32.1. The van der Waals surface area contributed by atoms with E-state index >= 15 is 0 Å². The lowest BCUT2D eigenvalue weighted by atomic mass is 10.1. The zero-order chi connectivity index (χ0) is 19.8. The molecular weight excluding hydrogens is 366 g/mol. The first-order chi connectivity index (χ1) is 13.7. The molecule has 2 aromatic carbocycles. The average Bonchev–Trinajstić information content (AvgIpc) is 3.03. The van der Waals surface area contributed by atoms with Gasteiger partial charge in [-0.3, -0.25) is 5.43 Å². The SMILES string of the molecule is CCCCNC(=S)NN=C1C(=Cc2ccccc2)C(C)=NN1c1ccccc1. The maximum Gasteiger partial charge on any atom is 0.187 e. The third-order valence-corrected chi connectivity index (χ3v) is 4.51. The van der Waals surface area contributed by atoms with E-state index in [9.17, 15) is 0 Å². The van der Waals surface area contributed by atoms with Crippen molar-refractivity contribution >= 4 is 40.6 Å². The molecule has 2 N–H and O–H groups in total. The van der Waals surface area contributed by atoms with Crippen molar-refractivity contribution in [3.63, 3.8) is 0 Å². The number of unbranched alkanes of at least 4 members (excludes halogenated alkanes) is 1. The molecule has 0 atom stereocenters. The fourth-order valence-corrected chi connectivity index (χ4v) is 2.94. The molecule has 144 valence electrons. The number of nitrogens with zero attached hydrogens (tertiary/aromatic N) is 3. The van der Waals surface area contributed by atoms with Crippen molar-refractivity contribution in [2.24, 2.45) is 10.2 Å². The van der Waals surface area contributed by atoms with Crippen LogP contribution in [0.4, 0.5) is 5.69 Å². The molecule has 2 aromatic rings. The summed E-state index contributed by atoms with van der Waals surface area (Å²) < 4.78 is 0. The molecule has 0 unspecified atom stereocenters. The van der Waals surface area contributed by atoms with E-state index in [0.717, 1.165) is 41.9 Å². The highest BCUT2D eigenvalue weighted by Crippen LogP contribution is 2.25. The quantitative estimate of drug-likeness (QED) is 0.431. The van der Waals surface area contributed by atoms with Crippen LogP contribution < -0.4 is 15.8 Å². The number of anilines is 1. The summed E-state index contributed by atoms with van der Waals surface area (Å²) in [6.07, 6.45) is 4.27. The number of thiocarbonyl (C=S) groups is 1. The minimum Gasteiger partial charge on any atom is -0.361 e. The predicted molar refractivity (Wildman–Crippen MR) is 123 cm³/mol. The van der Waals surface area contributed by atoms with E-state index in [4.69, 9.17) is 17.3 Å². The zero-order valence-corrected chi connectivity index (χ0v) is 17.0. The Hall–Kier alpha value is -2.99. The van der Waals surface area contributed by atoms with Crippen LogP contribution in [0.1, 0.15) is 32.3 Å². The minimum atomic E-state index is 0.512. The lowest BCUT2D eigenvalue weighted by molar-refractivity contribution is 0.744. The topological polar surface area (TPSA) is 52.0 Å². The van der Waals surface area contributed by atoms with E-state index in [-0.39, 0.29) is 0 Å². The molecule has 0 saturated carbocycles. The Morgan fingerprint density at radius 3 is 2.46 bits per heavy atom. The van der Waals surface area contributed by atoms with Crippen molar-refractivity contribution in [1.82, 2.24) is 10.7 Å². The number of para-hydroxylation sites is 1. The van der Waals surface area contributed by atoms with Gasteiger partial charge in [0.1, 0.15) is 0 Å². The van der Waals surface area contributed by atoms with E-state index in [0.29, 0.717) is 10.9 Å². The molecule has 0 saturated heterocycles. The summed E-state index contributed by atoms with van der Waals surface area (Å²) in [6, 6.07) is 20.1. The Bertz CT molecular complexity index is 888. The highest BCUT2D eigenvalue weighted by molar-refractivity contribution is 7.80. The van der Waals surface area contributed by atoms with Gasteiger partial charge in [-0.1, -0.05) is 61.9 Å². The molecule has 0 aliphatic carbocycles. The van der Waals surface area contributed by atoms with Gasteiger partial charge < -0.3 is 5.32 Å². The van der Waals surface area contributed by atoms with Crippen LogP contribution in [-0.2, 0) is 0 Å². The van der Waals surface area contributed by atoms with Crippen molar-refractivity contribution in [1.29, 1.82) is 0 Å². The monoisotopic (exact) mass is 391 g/mol. The third-order valence-electron chi connectivity index (χ3n) is 4.27. The first-order valence-corrected chi connectivity index (χ1v) is 9.89. The minimum absolute atomic E-state index is 0.512. The van der Waals surface area contributed by atoms with Crippen molar-refractivity contribution in [3.8, 4) is 0 Å². The van der Waals surface area contributed by atoms with Gasteiger partial charge in [0.05, 0.1) is 11.4 Å². The average molecular weight is 392 g/mol. The summed E-state index contributed by atoms with van der Waals surface area (Å²) >= 11 is 5.35. The standard InChI is InChI=1S/C22H25N5S/c1-3-4-15-23-22(28)25-24-21-20(16-18-11-7-5-8-12-18)17(2)26-27(21)19-13-9-6-10-14-19/h5-14,16H,3-4,15H2,1-2H3,(H2,23,25,28). The molecule has 1 heterocycles. The number of nitrogens with one attached hydrogen (secondary N) is 2. The first-order valence-electron chi connectivity index (χ1n) is 9.48. The summed E-state index contributed by atoms with van der Waals surface area (Å²) in [5.41, 5.74) is 6.87. The summed E-state index contributed by atoms with van der Waals surface area (Å²) in [4.78, 5) is 0. The van der Waals surface area contributed by atoms with Gasteiger partial charge in [0.2, 0.25) is 0 Å². The summed E-state index contributed by atoms with van der Waals surface area (Å²) in [7, 11) is 0. The molecule has 0 bridgehead atoms. The molecule has 1 aliphatic heterocycles. The third kappa shape index (κ3) is 5.04. The van der Waals surface area contributed by atoms with Gasteiger partial charge in [-0.15, -0.1) is 0 Å².